The Morgan fingerprint density at radius 3 is 2.78 bits per heavy atom. The fourth-order valence-corrected chi connectivity index (χ4v) is 5.04. The highest BCUT2D eigenvalue weighted by atomic mass is 79.9. The molecule has 7 heteroatoms. The average Bonchev–Trinajstić information content (AvgIpc) is 3.13. The number of rotatable bonds is 4. The molecule has 0 radical (unpaired) electrons. The molecule has 1 aliphatic rings. The second kappa shape index (κ2) is 7.11. The van der Waals surface area contributed by atoms with Gasteiger partial charge in [-0.1, -0.05) is 35.3 Å². The number of carboxylic acids is 1. The van der Waals surface area contributed by atoms with Gasteiger partial charge in [0.1, 0.15) is 6.04 Å². The first-order valence-corrected chi connectivity index (χ1v) is 9.53. The predicted molar refractivity (Wildman–Crippen MR) is 97.7 cm³/mol. The summed E-state index contributed by atoms with van der Waals surface area (Å²) >= 11 is 17.7. The monoisotopic (exact) mass is 433 g/mol. The van der Waals surface area contributed by atoms with Crippen molar-refractivity contribution in [1.82, 2.24) is 4.90 Å². The Hall–Kier alpha value is -0.590. The summed E-state index contributed by atoms with van der Waals surface area (Å²) in [5.41, 5.74) is 0.849. The van der Waals surface area contributed by atoms with Gasteiger partial charge < -0.3 is 5.11 Å². The smallest absolute Gasteiger partial charge is 0.320 e. The molecule has 0 amide bonds. The van der Waals surface area contributed by atoms with Crippen LogP contribution in [0.25, 0.3) is 0 Å². The molecule has 1 aliphatic heterocycles. The van der Waals surface area contributed by atoms with E-state index in [0.29, 0.717) is 16.5 Å². The van der Waals surface area contributed by atoms with Crippen LogP contribution in [0.5, 0.6) is 0 Å². The van der Waals surface area contributed by atoms with Crippen LogP contribution < -0.4 is 0 Å². The Bertz CT molecular complexity index is 737. The quantitative estimate of drug-likeness (QED) is 0.694. The first-order chi connectivity index (χ1) is 11.0. The summed E-state index contributed by atoms with van der Waals surface area (Å²) < 4.78 is 1.00. The van der Waals surface area contributed by atoms with Crippen LogP contribution >= 0.6 is 50.5 Å². The third-order valence-electron chi connectivity index (χ3n) is 4.05. The highest BCUT2D eigenvalue weighted by Crippen LogP contribution is 2.42. The number of carbonyl (C=O) groups is 1. The van der Waals surface area contributed by atoms with Crippen LogP contribution in [0.15, 0.2) is 34.1 Å². The standard InChI is InChI=1S/C16H14BrCl2NO2S/c17-13-7-6-12(23-13)15(9-3-1-4-10(18)14(9)19)20-8-2-5-11(20)16(21)22/h1,3-4,6-7,11,15H,2,5,8H2,(H,21,22). The van der Waals surface area contributed by atoms with Crippen molar-refractivity contribution in [2.45, 2.75) is 24.9 Å². The minimum Gasteiger partial charge on any atom is -0.480 e. The average molecular weight is 435 g/mol. The van der Waals surface area contributed by atoms with Crippen LogP contribution in [0, 0.1) is 0 Å². The van der Waals surface area contributed by atoms with Crippen LogP contribution in [0.4, 0.5) is 0 Å². The maximum Gasteiger partial charge on any atom is 0.320 e. The summed E-state index contributed by atoms with van der Waals surface area (Å²) in [6, 6.07) is 8.78. The molecule has 2 atom stereocenters. The van der Waals surface area contributed by atoms with Crippen LogP contribution in [0.2, 0.25) is 10.0 Å². The molecular weight excluding hydrogens is 421 g/mol. The molecule has 1 N–H and O–H groups in total. The minimum atomic E-state index is -0.790. The van der Waals surface area contributed by atoms with Gasteiger partial charge in [-0.05, 0) is 52.5 Å². The maximum absolute atomic E-state index is 11.6. The molecule has 1 fully saturated rings. The second-order valence-electron chi connectivity index (χ2n) is 5.42. The zero-order valence-corrected chi connectivity index (χ0v) is 15.9. The van der Waals surface area contributed by atoms with Crippen molar-refractivity contribution in [3.63, 3.8) is 0 Å². The van der Waals surface area contributed by atoms with E-state index in [-0.39, 0.29) is 6.04 Å². The Balaban J connectivity index is 2.11. The van der Waals surface area contributed by atoms with Crippen molar-refractivity contribution in [1.29, 1.82) is 0 Å². The number of halogens is 3. The molecule has 0 aliphatic carbocycles. The molecule has 2 heterocycles. The van der Waals surface area contributed by atoms with E-state index in [1.54, 1.807) is 17.4 Å². The van der Waals surface area contributed by atoms with E-state index in [1.807, 2.05) is 29.2 Å². The maximum atomic E-state index is 11.6. The van der Waals surface area contributed by atoms with Crippen LogP contribution in [0.3, 0.4) is 0 Å². The third-order valence-corrected chi connectivity index (χ3v) is 6.56. The Morgan fingerprint density at radius 1 is 1.35 bits per heavy atom. The minimum absolute atomic E-state index is 0.207. The second-order valence-corrected chi connectivity index (χ2v) is 8.70. The van der Waals surface area contributed by atoms with E-state index < -0.39 is 12.0 Å². The van der Waals surface area contributed by atoms with Gasteiger partial charge in [0.15, 0.2) is 0 Å². The summed E-state index contributed by atoms with van der Waals surface area (Å²) in [5.74, 6) is -0.790. The Labute approximate surface area is 157 Å². The van der Waals surface area contributed by atoms with Gasteiger partial charge >= 0.3 is 5.97 Å². The molecule has 1 saturated heterocycles. The molecule has 3 nitrogen and oxygen atoms in total. The van der Waals surface area contributed by atoms with Crippen molar-refractivity contribution in [2.75, 3.05) is 6.54 Å². The normalized spacial score (nSPS) is 19.9. The van der Waals surface area contributed by atoms with E-state index in [0.717, 1.165) is 27.2 Å². The fourth-order valence-electron chi connectivity index (χ4n) is 3.07. The molecule has 1 aromatic heterocycles. The number of hydrogen-bond acceptors (Lipinski definition) is 3. The number of thiophene rings is 1. The van der Waals surface area contributed by atoms with E-state index >= 15 is 0 Å². The molecule has 1 aromatic carbocycles. The van der Waals surface area contributed by atoms with Gasteiger partial charge in [-0.2, -0.15) is 0 Å². The molecule has 0 bridgehead atoms. The number of benzene rings is 1. The van der Waals surface area contributed by atoms with Gasteiger partial charge in [0, 0.05) is 11.4 Å². The highest BCUT2D eigenvalue weighted by molar-refractivity contribution is 9.11. The van der Waals surface area contributed by atoms with Gasteiger partial charge in [-0.25, -0.2) is 0 Å². The SMILES string of the molecule is O=C(O)C1CCCN1C(c1ccc(Br)s1)c1cccc(Cl)c1Cl. The molecule has 23 heavy (non-hydrogen) atoms. The van der Waals surface area contributed by atoms with Crippen molar-refractivity contribution in [2.24, 2.45) is 0 Å². The van der Waals surface area contributed by atoms with Gasteiger partial charge in [0.2, 0.25) is 0 Å². The molecule has 2 aromatic rings. The van der Waals surface area contributed by atoms with Crippen molar-refractivity contribution < 1.29 is 9.90 Å². The lowest BCUT2D eigenvalue weighted by Crippen LogP contribution is -2.39. The van der Waals surface area contributed by atoms with Gasteiger partial charge in [0.05, 0.1) is 19.9 Å². The fraction of sp³-hybridized carbons (Fsp3) is 0.312. The number of aliphatic carboxylic acids is 1. The summed E-state index contributed by atoms with van der Waals surface area (Å²) in [5, 5.41) is 10.5. The van der Waals surface area contributed by atoms with Gasteiger partial charge in [-0.15, -0.1) is 11.3 Å². The molecule has 3 rings (SSSR count). The molecule has 0 spiro atoms. The topological polar surface area (TPSA) is 40.5 Å². The Kier molecular flexibility index (Phi) is 5.33. The summed E-state index contributed by atoms with van der Waals surface area (Å²) in [7, 11) is 0. The van der Waals surface area contributed by atoms with E-state index in [1.165, 1.54) is 0 Å². The number of hydrogen-bond donors (Lipinski definition) is 1. The summed E-state index contributed by atoms with van der Waals surface area (Å²) in [6.45, 7) is 0.722. The van der Waals surface area contributed by atoms with E-state index in [2.05, 4.69) is 15.9 Å². The molecular formula is C16H14BrCl2NO2S. The number of carboxylic acid groups (broad SMARTS) is 1. The van der Waals surface area contributed by atoms with Crippen molar-refractivity contribution in [3.05, 3.63) is 54.6 Å². The van der Waals surface area contributed by atoms with Gasteiger partial charge in [-0.3, -0.25) is 9.69 Å². The zero-order valence-electron chi connectivity index (χ0n) is 12.0. The first-order valence-electron chi connectivity index (χ1n) is 7.16. The Morgan fingerprint density at radius 2 is 2.13 bits per heavy atom. The van der Waals surface area contributed by atoms with E-state index in [9.17, 15) is 9.90 Å². The largest absolute Gasteiger partial charge is 0.480 e. The third kappa shape index (κ3) is 3.44. The molecule has 2 unspecified atom stereocenters. The summed E-state index contributed by atoms with van der Waals surface area (Å²) in [4.78, 5) is 14.7. The first kappa shape index (κ1) is 17.2. The number of likely N-dealkylation sites (tertiary alicyclic amines) is 1. The highest BCUT2D eigenvalue weighted by Gasteiger charge is 2.38. The zero-order chi connectivity index (χ0) is 16.6. The molecule has 122 valence electrons. The van der Waals surface area contributed by atoms with E-state index in [4.69, 9.17) is 23.2 Å². The lowest BCUT2D eigenvalue weighted by molar-refractivity contribution is -0.142. The van der Waals surface area contributed by atoms with Crippen LogP contribution in [-0.2, 0) is 4.79 Å². The summed E-state index contributed by atoms with van der Waals surface area (Å²) in [6.07, 6.45) is 1.51. The molecule has 0 saturated carbocycles. The van der Waals surface area contributed by atoms with Crippen LogP contribution in [0.1, 0.15) is 29.3 Å². The van der Waals surface area contributed by atoms with Gasteiger partial charge in [0.25, 0.3) is 0 Å². The van der Waals surface area contributed by atoms with Crippen molar-refractivity contribution >= 4 is 56.4 Å². The predicted octanol–water partition coefficient (Wildman–Crippen LogP) is 5.46. The van der Waals surface area contributed by atoms with Crippen LogP contribution in [-0.4, -0.2) is 28.6 Å². The number of nitrogens with zero attached hydrogens (tertiary/aromatic N) is 1. The van der Waals surface area contributed by atoms with Crippen molar-refractivity contribution in [3.8, 4) is 0 Å². The lowest BCUT2D eigenvalue weighted by atomic mass is 10.0. The lowest BCUT2D eigenvalue weighted by Gasteiger charge is -2.31.